The lowest BCUT2D eigenvalue weighted by molar-refractivity contribution is 0.338. The molecule has 2 atom stereocenters. The fourth-order valence-electron chi connectivity index (χ4n) is 5.12. The Labute approximate surface area is 158 Å². The second-order valence-corrected chi connectivity index (χ2v) is 7.92. The number of ether oxygens (including phenoxy) is 1. The van der Waals surface area contributed by atoms with Crippen LogP contribution in [0.2, 0.25) is 0 Å². The van der Waals surface area contributed by atoms with E-state index in [1.54, 1.807) is 11.1 Å². The molecule has 0 N–H and O–H groups in total. The molecule has 1 heterocycles. The Bertz CT molecular complexity index is 739. The summed E-state index contributed by atoms with van der Waals surface area (Å²) in [7, 11) is 1.82. The second kappa shape index (κ2) is 7.84. The predicted molar refractivity (Wildman–Crippen MR) is 108 cm³/mol. The zero-order chi connectivity index (χ0) is 17.9. The number of rotatable bonds is 6. The summed E-state index contributed by atoms with van der Waals surface area (Å²) in [6, 6.07) is 15.4. The summed E-state index contributed by atoms with van der Waals surface area (Å²) in [6.45, 7) is 5.98. The van der Waals surface area contributed by atoms with E-state index in [2.05, 4.69) is 54.3 Å². The van der Waals surface area contributed by atoms with E-state index in [-0.39, 0.29) is 0 Å². The molecule has 1 saturated heterocycles. The lowest BCUT2D eigenvalue weighted by Crippen LogP contribution is -2.21. The highest BCUT2D eigenvalue weighted by molar-refractivity contribution is 5.49. The van der Waals surface area contributed by atoms with Crippen LogP contribution in [0.4, 0.5) is 0 Å². The topological polar surface area (TPSA) is 12.5 Å². The van der Waals surface area contributed by atoms with E-state index in [4.69, 9.17) is 4.74 Å². The van der Waals surface area contributed by atoms with E-state index < -0.39 is 0 Å². The zero-order valence-electron chi connectivity index (χ0n) is 16.2. The minimum atomic E-state index is 0.709. The van der Waals surface area contributed by atoms with Crippen LogP contribution < -0.4 is 4.74 Å². The molecule has 1 aliphatic heterocycles. The van der Waals surface area contributed by atoms with Gasteiger partial charge in [-0.15, -0.1) is 0 Å². The van der Waals surface area contributed by atoms with Gasteiger partial charge in [-0.2, -0.15) is 0 Å². The molecule has 2 nitrogen and oxygen atoms in total. The van der Waals surface area contributed by atoms with Crippen molar-refractivity contribution in [3.05, 3.63) is 64.7 Å². The molecule has 1 fully saturated rings. The van der Waals surface area contributed by atoms with Crippen LogP contribution in [0.15, 0.2) is 42.5 Å². The van der Waals surface area contributed by atoms with E-state index in [9.17, 15) is 0 Å². The van der Waals surface area contributed by atoms with Gasteiger partial charge in [0.2, 0.25) is 0 Å². The van der Waals surface area contributed by atoms with Crippen molar-refractivity contribution < 1.29 is 4.74 Å². The van der Waals surface area contributed by atoms with Gasteiger partial charge in [-0.3, -0.25) is 0 Å². The Morgan fingerprint density at radius 2 is 1.88 bits per heavy atom. The minimum absolute atomic E-state index is 0.709. The predicted octanol–water partition coefficient (Wildman–Crippen LogP) is 4.85. The van der Waals surface area contributed by atoms with Crippen LogP contribution >= 0.6 is 0 Å². The van der Waals surface area contributed by atoms with Crippen molar-refractivity contribution in [2.75, 3.05) is 26.7 Å². The average molecular weight is 350 g/mol. The lowest BCUT2D eigenvalue weighted by atomic mass is 9.74. The molecule has 0 spiro atoms. The van der Waals surface area contributed by atoms with E-state index in [0.717, 1.165) is 18.1 Å². The molecule has 138 valence electrons. The molecule has 2 heteroatoms. The summed E-state index contributed by atoms with van der Waals surface area (Å²) in [5, 5.41) is 0. The smallest absolute Gasteiger partial charge is 0.122 e. The molecule has 0 radical (unpaired) electrons. The van der Waals surface area contributed by atoms with Crippen LogP contribution in [-0.4, -0.2) is 31.6 Å². The van der Waals surface area contributed by atoms with Crippen molar-refractivity contribution in [3.8, 4) is 5.75 Å². The number of aryl methyl sites for hydroxylation is 2. The lowest BCUT2D eigenvalue weighted by Gasteiger charge is -2.31. The Morgan fingerprint density at radius 3 is 2.65 bits per heavy atom. The Kier molecular flexibility index (Phi) is 5.31. The molecule has 2 aromatic rings. The SMILES string of the molecule is CCN1CC2CCc3c(OC)ccc(CCCc4ccccc4)c3C2C1. The molecule has 2 unspecified atom stereocenters. The molecule has 1 aliphatic carbocycles. The highest BCUT2D eigenvalue weighted by atomic mass is 16.5. The third-order valence-electron chi connectivity index (χ3n) is 6.48. The van der Waals surface area contributed by atoms with Gasteiger partial charge in [0.1, 0.15) is 5.75 Å². The standard InChI is InChI=1S/C24H31NO/c1-3-25-16-20-12-14-21-23(26-2)15-13-19(24(21)22(20)17-25)11-7-10-18-8-5-4-6-9-18/h4-6,8-9,13,15,20,22H,3,7,10-12,14,16-17H2,1-2H3. The second-order valence-electron chi connectivity index (χ2n) is 7.92. The van der Waals surface area contributed by atoms with Gasteiger partial charge in [0.25, 0.3) is 0 Å². The van der Waals surface area contributed by atoms with Crippen LogP contribution in [0.5, 0.6) is 5.75 Å². The molecule has 4 rings (SSSR count). The highest BCUT2D eigenvalue weighted by Crippen LogP contribution is 2.46. The first-order valence-corrected chi connectivity index (χ1v) is 10.2. The first-order chi connectivity index (χ1) is 12.8. The van der Waals surface area contributed by atoms with Crippen molar-refractivity contribution in [1.29, 1.82) is 0 Å². The summed E-state index contributed by atoms with van der Waals surface area (Å²) < 4.78 is 5.73. The molecule has 26 heavy (non-hydrogen) atoms. The third-order valence-corrected chi connectivity index (χ3v) is 6.48. The van der Waals surface area contributed by atoms with Gasteiger partial charge in [0, 0.05) is 19.0 Å². The maximum atomic E-state index is 5.73. The molecule has 0 aromatic heterocycles. The summed E-state index contributed by atoms with van der Waals surface area (Å²) in [5.74, 6) is 2.66. The van der Waals surface area contributed by atoms with Gasteiger partial charge in [-0.05, 0) is 72.9 Å². The van der Waals surface area contributed by atoms with Gasteiger partial charge < -0.3 is 9.64 Å². The minimum Gasteiger partial charge on any atom is -0.496 e. The molecular weight excluding hydrogens is 318 g/mol. The number of methoxy groups -OCH3 is 1. The number of hydrogen-bond acceptors (Lipinski definition) is 2. The monoisotopic (exact) mass is 349 g/mol. The van der Waals surface area contributed by atoms with E-state index in [1.165, 1.54) is 56.4 Å². The maximum absolute atomic E-state index is 5.73. The van der Waals surface area contributed by atoms with E-state index >= 15 is 0 Å². The quantitative estimate of drug-likeness (QED) is 0.739. The fourth-order valence-corrected chi connectivity index (χ4v) is 5.12. The summed E-state index contributed by atoms with van der Waals surface area (Å²) in [6.07, 6.45) is 6.06. The Hall–Kier alpha value is -1.80. The zero-order valence-corrected chi connectivity index (χ0v) is 16.2. The number of benzene rings is 2. The van der Waals surface area contributed by atoms with Crippen molar-refractivity contribution in [1.82, 2.24) is 4.90 Å². The third kappa shape index (κ3) is 3.40. The molecule has 0 amide bonds. The van der Waals surface area contributed by atoms with Crippen LogP contribution in [-0.2, 0) is 19.3 Å². The van der Waals surface area contributed by atoms with Crippen molar-refractivity contribution in [2.45, 2.75) is 44.9 Å². The number of hydrogen-bond donors (Lipinski definition) is 0. The largest absolute Gasteiger partial charge is 0.496 e. The van der Waals surface area contributed by atoms with Crippen molar-refractivity contribution in [2.24, 2.45) is 5.92 Å². The van der Waals surface area contributed by atoms with Crippen LogP contribution in [0.25, 0.3) is 0 Å². The van der Waals surface area contributed by atoms with Gasteiger partial charge >= 0.3 is 0 Å². The van der Waals surface area contributed by atoms with E-state index in [1.807, 2.05) is 7.11 Å². The summed E-state index contributed by atoms with van der Waals surface area (Å²) in [4.78, 5) is 2.64. The number of fused-ring (bicyclic) bond motifs is 3. The summed E-state index contributed by atoms with van der Waals surface area (Å²) >= 11 is 0. The number of likely N-dealkylation sites (N-methyl/N-ethyl adjacent to an activating group) is 1. The van der Waals surface area contributed by atoms with Crippen molar-refractivity contribution in [3.63, 3.8) is 0 Å². The normalized spacial score (nSPS) is 22.1. The van der Waals surface area contributed by atoms with Gasteiger partial charge in [-0.25, -0.2) is 0 Å². The average Bonchev–Trinajstić information content (AvgIpc) is 3.12. The first-order valence-electron chi connectivity index (χ1n) is 10.2. The van der Waals surface area contributed by atoms with Crippen LogP contribution in [0, 0.1) is 5.92 Å². The number of nitrogens with zero attached hydrogens (tertiary/aromatic N) is 1. The van der Waals surface area contributed by atoms with E-state index in [0.29, 0.717) is 5.92 Å². The Balaban J connectivity index is 1.57. The molecule has 2 aliphatic rings. The van der Waals surface area contributed by atoms with Gasteiger partial charge in [0.05, 0.1) is 7.11 Å². The number of likely N-dealkylation sites (tertiary alicyclic amines) is 1. The molecule has 0 bridgehead atoms. The summed E-state index contributed by atoms with van der Waals surface area (Å²) in [5.41, 5.74) is 6.17. The molecule has 0 saturated carbocycles. The fraction of sp³-hybridized carbons (Fsp3) is 0.500. The highest BCUT2D eigenvalue weighted by Gasteiger charge is 2.38. The Morgan fingerprint density at radius 1 is 1.04 bits per heavy atom. The van der Waals surface area contributed by atoms with Crippen LogP contribution in [0.3, 0.4) is 0 Å². The van der Waals surface area contributed by atoms with Gasteiger partial charge in [-0.1, -0.05) is 43.3 Å². The van der Waals surface area contributed by atoms with Crippen molar-refractivity contribution >= 4 is 0 Å². The molecule has 2 aromatic carbocycles. The maximum Gasteiger partial charge on any atom is 0.122 e. The first kappa shape index (κ1) is 17.6. The van der Waals surface area contributed by atoms with Crippen LogP contribution in [0.1, 0.15) is 47.9 Å². The molecular formula is C24H31NO. The van der Waals surface area contributed by atoms with Gasteiger partial charge in [0.15, 0.2) is 0 Å².